The Kier molecular flexibility index (Phi) is 5.28. The number of rotatable bonds is 5. The van der Waals surface area contributed by atoms with Gasteiger partial charge in [0.15, 0.2) is 0 Å². The van der Waals surface area contributed by atoms with Crippen LogP contribution in [0.5, 0.6) is 0 Å². The van der Waals surface area contributed by atoms with Gasteiger partial charge in [0.05, 0.1) is 0 Å². The second-order valence-corrected chi connectivity index (χ2v) is 2.75. The van der Waals surface area contributed by atoms with Crippen LogP contribution < -0.4 is 10.6 Å². The fourth-order valence-corrected chi connectivity index (χ4v) is 0.786. The molecule has 0 rings (SSSR count). The van der Waals surface area contributed by atoms with Crippen molar-refractivity contribution in [1.29, 1.82) is 0 Å². The maximum absolute atomic E-state index is 10.8. The molecule has 0 aliphatic carbocycles. The van der Waals surface area contributed by atoms with Gasteiger partial charge in [-0.3, -0.25) is 9.59 Å². The molecule has 0 fully saturated rings. The van der Waals surface area contributed by atoms with Crippen molar-refractivity contribution in [3.63, 3.8) is 0 Å². The van der Waals surface area contributed by atoms with Crippen molar-refractivity contribution in [3.8, 4) is 0 Å². The minimum Gasteiger partial charge on any atom is -0.480 e. The van der Waals surface area contributed by atoms with Crippen molar-refractivity contribution in [2.45, 2.75) is 26.3 Å². The highest BCUT2D eigenvalue weighted by molar-refractivity contribution is 5.83. The van der Waals surface area contributed by atoms with E-state index in [0.717, 1.165) is 0 Å². The van der Waals surface area contributed by atoms with Crippen LogP contribution in [0.2, 0.25) is 0 Å². The second-order valence-electron chi connectivity index (χ2n) is 2.75. The molecule has 0 aliphatic heterocycles. The topological polar surface area (TPSA) is 95.5 Å². The largest absolute Gasteiger partial charge is 0.480 e. The van der Waals surface area contributed by atoms with Gasteiger partial charge < -0.3 is 15.7 Å². The van der Waals surface area contributed by atoms with E-state index in [4.69, 9.17) is 5.11 Å². The first-order chi connectivity index (χ1) is 6.47. The predicted octanol–water partition coefficient (Wildman–Crippen LogP) is -0.898. The molecule has 14 heavy (non-hydrogen) atoms. The minimum atomic E-state index is -1.17. The lowest BCUT2D eigenvalue weighted by atomic mass is 10.3. The Hall–Kier alpha value is -1.59. The van der Waals surface area contributed by atoms with Crippen LogP contribution in [0, 0.1) is 0 Å². The van der Waals surface area contributed by atoms with E-state index in [2.05, 4.69) is 10.6 Å². The summed E-state index contributed by atoms with van der Waals surface area (Å²) in [5.74, 6) is -1.86. The lowest BCUT2D eigenvalue weighted by Gasteiger charge is -2.13. The number of hydrogen-bond donors (Lipinski definition) is 3. The summed E-state index contributed by atoms with van der Waals surface area (Å²) in [5, 5.41) is 13.2. The fourth-order valence-electron chi connectivity index (χ4n) is 0.786. The molecule has 0 spiro atoms. The number of hydrogen-bond acceptors (Lipinski definition) is 3. The summed E-state index contributed by atoms with van der Waals surface area (Å²) < 4.78 is 0. The Morgan fingerprint density at radius 2 is 1.93 bits per heavy atom. The van der Waals surface area contributed by atoms with Crippen LogP contribution in [0.1, 0.15) is 20.3 Å². The Bertz CT molecular complexity index is 239. The fraction of sp³-hybridized carbons (Fsp3) is 0.625. The number of carbonyl (C=O) groups is 3. The molecule has 0 radical (unpaired) electrons. The number of carbonyl (C=O) groups excluding carboxylic acids is 2. The third-order valence-corrected chi connectivity index (χ3v) is 1.50. The Balaban J connectivity index is 4.04. The van der Waals surface area contributed by atoms with E-state index in [1.807, 2.05) is 0 Å². The van der Waals surface area contributed by atoms with Gasteiger partial charge in [0.2, 0.25) is 11.8 Å². The van der Waals surface area contributed by atoms with E-state index in [9.17, 15) is 14.4 Å². The zero-order valence-electron chi connectivity index (χ0n) is 8.16. The van der Waals surface area contributed by atoms with Gasteiger partial charge in [-0.05, 0) is 0 Å². The van der Waals surface area contributed by atoms with Crippen LogP contribution >= 0.6 is 0 Å². The molecule has 0 saturated carbocycles. The lowest BCUT2D eigenvalue weighted by Crippen LogP contribution is -2.47. The van der Waals surface area contributed by atoms with Crippen LogP contribution in [0.4, 0.5) is 0 Å². The number of nitrogens with one attached hydrogen (secondary N) is 2. The molecule has 0 aromatic heterocycles. The van der Waals surface area contributed by atoms with Crippen molar-refractivity contribution < 1.29 is 19.5 Å². The molecule has 1 atom stereocenters. The maximum Gasteiger partial charge on any atom is 0.328 e. The predicted molar refractivity (Wildman–Crippen MR) is 48.5 cm³/mol. The summed E-state index contributed by atoms with van der Waals surface area (Å²) in [6.07, 6.45) is 0.284. The zero-order chi connectivity index (χ0) is 11.1. The van der Waals surface area contributed by atoms with Gasteiger partial charge in [-0.15, -0.1) is 0 Å². The number of aliphatic carboxylic acids is 1. The van der Waals surface area contributed by atoms with E-state index in [1.165, 1.54) is 6.92 Å². The van der Waals surface area contributed by atoms with Gasteiger partial charge in [-0.2, -0.15) is 0 Å². The Morgan fingerprint density at radius 1 is 1.36 bits per heavy atom. The molecular formula is C8H14N2O4. The first kappa shape index (κ1) is 12.4. The highest BCUT2D eigenvalue weighted by Crippen LogP contribution is 1.84. The minimum absolute atomic E-state index is 0.0956. The molecule has 0 bridgehead atoms. The number of carboxylic acid groups (broad SMARTS) is 1. The molecule has 80 valence electrons. The van der Waals surface area contributed by atoms with Crippen molar-refractivity contribution in [3.05, 3.63) is 0 Å². The third kappa shape index (κ3) is 5.13. The number of carboxylic acids is 1. The summed E-state index contributed by atoms with van der Waals surface area (Å²) in [6.45, 7) is 2.78. The summed E-state index contributed by atoms with van der Waals surface area (Å²) in [7, 11) is 0. The quantitative estimate of drug-likeness (QED) is 0.538. The third-order valence-electron chi connectivity index (χ3n) is 1.50. The van der Waals surface area contributed by atoms with Crippen LogP contribution in [0.3, 0.4) is 0 Å². The molecule has 0 heterocycles. The normalized spacial score (nSPS) is 11.6. The Morgan fingerprint density at radius 3 is 2.29 bits per heavy atom. The summed E-state index contributed by atoms with van der Waals surface area (Å²) in [5.41, 5.74) is 0. The van der Waals surface area contributed by atoms with Crippen LogP contribution in [-0.4, -0.2) is 35.5 Å². The van der Waals surface area contributed by atoms with Gasteiger partial charge in [0, 0.05) is 19.9 Å². The van der Waals surface area contributed by atoms with Crippen LogP contribution in [-0.2, 0) is 14.4 Å². The Labute approximate surface area is 81.7 Å². The molecule has 6 nitrogen and oxygen atoms in total. The van der Waals surface area contributed by atoms with E-state index in [-0.39, 0.29) is 18.9 Å². The smallest absolute Gasteiger partial charge is 0.328 e. The molecule has 0 aliphatic rings. The molecule has 3 N–H and O–H groups in total. The summed E-state index contributed by atoms with van der Waals surface area (Å²) in [6, 6.07) is -1.07. The molecule has 1 unspecified atom stereocenters. The van der Waals surface area contributed by atoms with Crippen molar-refractivity contribution >= 4 is 17.8 Å². The molecule has 0 aromatic rings. The molecular weight excluding hydrogens is 188 g/mol. The van der Waals surface area contributed by atoms with Crippen molar-refractivity contribution in [2.24, 2.45) is 0 Å². The first-order valence-electron chi connectivity index (χ1n) is 4.24. The molecule has 6 heteroatoms. The highest BCUT2D eigenvalue weighted by atomic mass is 16.4. The van der Waals surface area contributed by atoms with Gasteiger partial charge in [-0.25, -0.2) is 4.79 Å². The summed E-state index contributed by atoms with van der Waals surface area (Å²) in [4.78, 5) is 32.0. The maximum atomic E-state index is 10.8. The zero-order valence-corrected chi connectivity index (χ0v) is 8.16. The standard InChI is InChI=1S/C8H14N2O4/c1-3-7(12)9-4-6(8(13)14)10-5(2)11/h6H,3-4H2,1-2H3,(H,9,12)(H,10,11)(H,13,14). The molecule has 0 saturated heterocycles. The van der Waals surface area contributed by atoms with Crippen molar-refractivity contribution in [1.82, 2.24) is 10.6 Å². The van der Waals surface area contributed by atoms with E-state index < -0.39 is 17.9 Å². The van der Waals surface area contributed by atoms with Gasteiger partial charge in [0.25, 0.3) is 0 Å². The first-order valence-corrected chi connectivity index (χ1v) is 4.24. The SMILES string of the molecule is CCC(=O)NCC(NC(C)=O)C(=O)O. The van der Waals surface area contributed by atoms with Crippen molar-refractivity contribution in [2.75, 3.05) is 6.54 Å². The van der Waals surface area contributed by atoms with Gasteiger partial charge >= 0.3 is 5.97 Å². The summed E-state index contributed by atoms with van der Waals surface area (Å²) >= 11 is 0. The second kappa shape index (κ2) is 5.95. The van der Waals surface area contributed by atoms with Crippen LogP contribution in [0.25, 0.3) is 0 Å². The van der Waals surface area contributed by atoms with Gasteiger partial charge in [-0.1, -0.05) is 6.92 Å². The van der Waals surface area contributed by atoms with E-state index in [0.29, 0.717) is 0 Å². The highest BCUT2D eigenvalue weighted by Gasteiger charge is 2.18. The lowest BCUT2D eigenvalue weighted by molar-refractivity contribution is -0.141. The van der Waals surface area contributed by atoms with E-state index >= 15 is 0 Å². The average molecular weight is 202 g/mol. The molecule has 2 amide bonds. The van der Waals surface area contributed by atoms with E-state index in [1.54, 1.807) is 6.92 Å². The van der Waals surface area contributed by atoms with Gasteiger partial charge in [0.1, 0.15) is 6.04 Å². The number of amides is 2. The average Bonchev–Trinajstić information content (AvgIpc) is 2.10. The van der Waals surface area contributed by atoms with Crippen LogP contribution in [0.15, 0.2) is 0 Å². The monoisotopic (exact) mass is 202 g/mol. The molecule has 0 aromatic carbocycles.